The van der Waals surface area contributed by atoms with E-state index in [4.69, 9.17) is 9.15 Å². The molecule has 0 aliphatic heterocycles. The molecule has 0 radical (unpaired) electrons. The van der Waals surface area contributed by atoms with Crippen LogP contribution in [0.1, 0.15) is 61.4 Å². The predicted molar refractivity (Wildman–Crippen MR) is 122 cm³/mol. The number of nitrogens with zero attached hydrogens (tertiary/aromatic N) is 2. The smallest absolute Gasteiger partial charge is 0.344 e. The number of benzene rings is 1. The summed E-state index contributed by atoms with van der Waals surface area (Å²) in [6.45, 7) is 7.16. The average molecular weight is 458 g/mol. The zero-order valence-electron chi connectivity index (χ0n) is 19.3. The van der Waals surface area contributed by atoms with E-state index in [2.05, 4.69) is 29.1 Å². The van der Waals surface area contributed by atoms with Crippen LogP contribution < -0.4 is 5.32 Å². The minimum Gasteiger partial charge on any atom is -0.463 e. The number of carbonyl (C=O) groups excluding carboxylic acids is 1. The molecule has 0 unspecified atom stereocenters. The SMILES string of the molecule is CCOC(=O)c1c(NCc2cccc(C(C)(F)F)c2)nc(CCC(C)C)nc1-c1ccco1. The monoisotopic (exact) mass is 457 g/mol. The maximum Gasteiger partial charge on any atom is 0.344 e. The van der Waals surface area contributed by atoms with Gasteiger partial charge in [0, 0.05) is 25.5 Å². The first-order valence-corrected chi connectivity index (χ1v) is 11.0. The lowest BCUT2D eigenvalue weighted by Gasteiger charge is -2.16. The molecule has 0 aliphatic carbocycles. The van der Waals surface area contributed by atoms with Crippen LogP contribution in [0.15, 0.2) is 47.1 Å². The van der Waals surface area contributed by atoms with Crippen molar-refractivity contribution in [2.75, 3.05) is 11.9 Å². The van der Waals surface area contributed by atoms with Gasteiger partial charge in [0.1, 0.15) is 22.9 Å². The van der Waals surface area contributed by atoms with Gasteiger partial charge in [-0.25, -0.2) is 23.5 Å². The molecule has 3 rings (SSSR count). The Kier molecular flexibility index (Phi) is 7.79. The molecule has 2 aromatic heterocycles. The Morgan fingerprint density at radius 2 is 2.00 bits per heavy atom. The fourth-order valence-electron chi connectivity index (χ4n) is 3.29. The second-order valence-electron chi connectivity index (χ2n) is 8.28. The van der Waals surface area contributed by atoms with Crippen LogP contribution in [0.2, 0.25) is 0 Å². The number of nitrogens with one attached hydrogen (secondary N) is 1. The van der Waals surface area contributed by atoms with Crippen molar-refractivity contribution < 1.29 is 22.7 Å². The largest absolute Gasteiger partial charge is 0.463 e. The van der Waals surface area contributed by atoms with Crippen molar-refractivity contribution in [2.45, 2.75) is 53.0 Å². The Hall–Kier alpha value is -3.29. The molecule has 0 amide bonds. The molecular weight excluding hydrogens is 428 g/mol. The molecule has 1 N–H and O–H groups in total. The fraction of sp³-hybridized carbons (Fsp3) is 0.400. The summed E-state index contributed by atoms with van der Waals surface area (Å²) in [5, 5.41) is 3.14. The van der Waals surface area contributed by atoms with E-state index in [9.17, 15) is 13.6 Å². The first-order chi connectivity index (χ1) is 15.7. The summed E-state index contributed by atoms with van der Waals surface area (Å²) in [5.41, 5.74) is 1.04. The summed E-state index contributed by atoms with van der Waals surface area (Å²) in [7, 11) is 0. The number of ether oxygens (including phenoxy) is 1. The van der Waals surface area contributed by atoms with Gasteiger partial charge in [0.15, 0.2) is 5.76 Å². The molecule has 0 saturated carbocycles. The van der Waals surface area contributed by atoms with Gasteiger partial charge in [-0.2, -0.15) is 0 Å². The van der Waals surface area contributed by atoms with Gasteiger partial charge in [0.25, 0.3) is 5.92 Å². The van der Waals surface area contributed by atoms with Crippen LogP contribution in [0.4, 0.5) is 14.6 Å². The number of hydrogen-bond acceptors (Lipinski definition) is 6. The lowest BCUT2D eigenvalue weighted by atomic mass is 10.1. The summed E-state index contributed by atoms with van der Waals surface area (Å²) in [4.78, 5) is 22.1. The van der Waals surface area contributed by atoms with Crippen LogP contribution in [-0.4, -0.2) is 22.5 Å². The maximum absolute atomic E-state index is 13.8. The average Bonchev–Trinajstić information content (AvgIpc) is 3.30. The van der Waals surface area contributed by atoms with Gasteiger partial charge in [-0.1, -0.05) is 32.0 Å². The number of rotatable bonds is 10. The van der Waals surface area contributed by atoms with Crippen LogP contribution in [-0.2, 0) is 23.6 Å². The number of halogens is 2. The van der Waals surface area contributed by atoms with Gasteiger partial charge in [0.05, 0.1) is 12.9 Å². The fourth-order valence-corrected chi connectivity index (χ4v) is 3.29. The molecule has 1 aromatic carbocycles. The van der Waals surface area contributed by atoms with Crippen molar-refractivity contribution in [2.24, 2.45) is 5.92 Å². The molecule has 176 valence electrons. The molecule has 0 atom stereocenters. The molecule has 33 heavy (non-hydrogen) atoms. The quantitative estimate of drug-likeness (QED) is 0.364. The van der Waals surface area contributed by atoms with E-state index in [-0.39, 0.29) is 30.1 Å². The highest BCUT2D eigenvalue weighted by atomic mass is 19.3. The van der Waals surface area contributed by atoms with Crippen LogP contribution in [0.3, 0.4) is 0 Å². The molecule has 0 spiro atoms. The van der Waals surface area contributed by atoms with Crippen molar-refractivity contribution in [1.82, 2.24) is 9.97 Å². The van der Waals surface area contributed by atoms with E-state index in [1.165, 1.54) is 18.4 Å². The molecule has 8 heteroatoms. The third kappa shape index (κ3) is 6.37. The number of alkyl halides is 2. The summed E-state index contributed by atoms with van der Waals surface area (Å²) in [6, 6.07) is 9.57. The standard InChI is InChI=1S/C25H29F2N3O3/c1-5-32-24(31)21-22(19-10-7-13-33-19)29-20(12-11-16(2)3)30-23(21)28-15-17-8-6-9-18(14-17)25(4,26)27/h6-10,13-14,16H,5,11-12,15H2,1-4H3,(H,28,29,30). The van der Waals surface area contributed by atoms with Crippen molar-refractivity contribution in [3.63, 3.8) is 0 Å². The second-order valence-corrected chi connectivity index (χ2v) is 8.28. The number of anilines is 1. The Labute approximate surface area is 192 Å². The number of hydrogen-bond donors (Lipinski definition) is 1. The van der Waals surface area contributed by atoms with Gasteiger partial charge in [-0.05, 0) is 43.0 Å². The first kappa shape index (κ1) is 24.4. The zero-order valence-corrected chi connectivity index (χ0v) is 19.3. The van der Waals surface area contributed by atoms with Crippen LogP contribution in [0.5, 0.6) is 0 Å². The molecule has 0 fully saturated rings. The first-order valence-electron chi connectivity index (χ1n) is 11.0. The van der Waals surface area contributed by atoms with Crippen LogP contribution >= 0.6 is 0 Å². The predicted octanol–water partition coefficient (Wildman–Crippen LogP) is 6.23. The van der Waals surface area contributed by atoms with Crippen molar-refractivity contribution in [1.29, 1.82) is 0 Å². The molecule has 3 aromatic rings. The highest BCUT2D eigenvalue weighted by molar-refractivity contribution is 6.00. The molecule has 0 aliphatic rings. The summed E-state index contributed by atoms with van der Waals surface area (Å²) >= 11 is 0. The topological polar surface area (TPSA) is 77.2 Å². The van der Waals surface area contributed by atoms with E-state index in [0.29, 0.717) is 35.2 Å². The van der Waals surface area contributed by atoms with E-state index in [1.54, 1.807) is 31.2 Å². The maximum atomic E-state index is 13.8. The molecule has 0 saturated heterocycles. The minimum atomic E-state index is -2.95. The third-order valence-corrected chi connectivity index (χ3v) is 5.03. The molecular formula is C25H29F2N3O3. The van der Waals surface area contributed by atoms with E-state index in [0.717, 1.165) is 13.3 Å². The highest BCUT2D eigenvalue weighted by Gasteiger charge is 2.26. The summed E-state index contributed by atoms with van der Waals surface area (Å²) in [6.07, 6.45) is 2.98. The van der Waals surface area contributed by atoms with Gasteiger partial charge in [0.2, 0.25) is 0 Å². The Morgan fingerprint density at radius 1 is 1.21 bits per heavy atom. The second kappa shape index (κ2) is 10.6. The van der Waals surface area contributed by atoms with Crippen LogP contribution in [0.25, 0.3) is 11.5 Å². The third-order valence-electron chi connectivity index (χ3n) is 5.03. The van der Waals surface area contributed by atoms with Crippen molar-refractivity contribution in [3.05, 3.63) is 65.2 Å². The van der Waals surface area contributed by atoms with E-state index >= 15 is 0 Å². The summed E-state index contributed by atoms with van der Waals surface area (Å²) in [5.74, 6) is -1.84. The van der Waals surface area contributed by atoms with Gasteiger partial charge in [-0.3, -0.25) is 0 Å². The van der Waals surface area contributed by atoms with Crippen molar-refractivity contribution in [3.8, 4) is 11.5 Å². The van der Waals surface area contributed by atoms with Gasteiger partial charge >= 0.3 is 5.97 Å². The number of carbonyl (C=O) groups is 1. The molecule has 2 heterocycles. The lowest BCUT2D eigenvalue weighted by molar-refractivity contribution is 0.0174. The normalized spacial score (nSPS) is 11.6. The van der Waals surface area contributed by atoms with Crippen molar-refractivity contribution >= 4 is 11.8 Å². The summed E-state index contributed by atoms with van der Waals surface area (Å²) < 4.78 is 38.3. The van der Waals surface area contributed by atoms with Gasteiger partial charge < -0.3 is 14.5 Å². The molecule has 6 nitrogen and oxygen atoms in total. The number of aryl methyl sites for hydroxylation is 1. The van der Waals surface area contributed by atoms with E-state index < -0.39 is 11.9 Å². The minimum absolute atomic E-state index is 0.0796. The number of furan rings is 1. The van der Waals surface area contributed by atoms with E-state index in [1.807, 2.05) is 0 Å². The number of aromatic nitrogens is 2. The Bertz CT molecular complexity index is 1080. The lowest BCUT2D eigenvalue weighted by Crippen LogP contribution is -2.16. The zero-order chi connectivity index (χ0) is 24.0. The highest BCUT2D eigenvalue weighted by Crippen LogP contribution is 2.30. The number of esters is 1. The van der Waals surface area contributed by atoms with Crippen LogP contribution in [0, 0.1) is 5.92 Å². The van der Waals surface area contributed by atoms with Gasteiger partial charge in [-0.15, -0.1) is 0 Å². The Balaban J connectivity index is 2.02. The Morgan fingerprint density at radius 3 is 2.64 bits per heavy atom. The molecule has 0 bridgehead atoms.